The first kappa shape index (κ1) is 18.1. The summed E-state index contributed by atoms with van der Waals surface area (Å²) in [7, 11) is -1.49. The molecule has 1 aliphatic rings. The average molecular weight is 431 g/mol. The number of benzene rings is 4. The number of fused-ring (bicyclic) bond motifs is 3. The molecule has 0 bridgehead atoms. The van der Waals surface area contributed by atoms with Crippen LogP contribution in [0.25, 0.3) is 27.3 Å². The highest BCUT2D eigenvalue weighted by atomic mass is 32.3. The van der Waals surface area contributed by atoms with Crippen molar-refractivity contribution in [2.45, 2.75) is 27.4 Å². The second-order valence-corrected chi connectivity index (χ2v) is 11.7. The van der Waals surface area contributed by atoms with E-state index in [-0.39, 0.29) is 0 Å². The Kier molecular flexibility index (Phi) is 3.65. The minimum absolute atomic E-state index is 0.971. The van der Waals surface area contributed by atoms with Crippen LogP contribution in [0.15, 0.2) is 118 Å². The van der Waals surface area contributed by atoms with Gasteiger partial charge in [0.1, 0.15) is 5.65 Å². The van der Waals surface area contributed by atoms with E-state index in [1.807, 2.05) is 0 Å². The van der Waals surface area contributed by atoms with E-state index < -0.39 is 10.0 Å². The van der Waals surface area contributed by atoms with Crippen molar-refractivity contribution >= 4 is 37.4 Å². The summed E-state index contributed by atoms with van der Waals surface area (Å²) in [5, 5.41) is 3.82. The molecule has 0 unspecified atom stereocenters. The molecule has 0 aliphatic carbocycles. The summed E-state index contributed by atoms with van der Waals surface area (Å²) in [6.45, 7) is 2.18. The van der Waals surface area contributed by atoms with Crippen molar-refractivity contribution in [2.75, 3.05) is 0 Å². The van der Waals surface area contributed by atoms with Crippen LogP contribution in [0.1, 0.15) is 11.4 Å². The fourth-order valence-corrected chi connectivity index (χ4v) is 9.57. The Morgan fingerprint density at radius 3 is 1.94 bits per heavy atom. The van der Waals surface area contributed by atoms with E-state index in [9.17, 15) is 0 Å². The molecule has 32 heavy (non-hydrogen) atoms. The van der Waals surface area contributed by atoms with Crippen molar-refractivity contribution in [1.82, 2.24) is 9.38 Å². The van der Waals surface area contributed by atoms with E-state index in [4.69, 9.17) is 4.98 Å². The van der Waals surface area contributed by atoms with Crippen molar-refractivity contribution in [3.05, 3.63) is 115 Å². The van der Waals surface area contributed by atoms with Gasteiger partial charge < -0.3 is 0 Å². The van der Waals surface area contributed by atoms with Gasteiger partial charge in [0.15, 0.2) is 0 Å². The van der Waals surface area contributed by atoms with Crippen molar-refractivity contribution < 1.29 is 0 Å². The lowest BCUT2D eigenvalue weighted by Crippen LogP contribution is -2.15. The SMILES string of the molecule is Cc1nc2c3ccccc3c3cccc4c3n2c1CS4(c1ccccc1)c1ccccc1. The van der Waals surface area contributed by atoms with Gasteiger partial charge in [0.2, 0.25) is 0 Å². The highest BCUT2D eigenvalue weighted by Crippen LogP contribution is 2.73. The molecule has 3 heterocycles. The monoisotopic (exact) mass is 430 g/mol. The summed E-state index contributed by atoms with van der Waals surface area (Å²) in [4.78, 5) is 9.38. The van der Waals surface area contributed by atoms with E-state index in [1.54, 1.807) is 0 Å². The summed E-state index contributed by atoms with van der Waals surface area (Å²) >= 11 is 0. The third-order valence-electron chi connectivity index (χ3n) is 6.87. The van der Waals surface area contributed by atoms with Crippen molar-refractivity contribution in [1.29, 1.82) is 0 Å². The largest absolute Gasteiger partial charge is 0.294 e. The number of nitrogens with zero attached hydrogens (tertiary/aromatic N) is 2. The van der Waals surface area contributed by atoms with Gasteiger partial charge >= 0.3 is 0 Å². The lowest BCUT2D eigenvalue weighted by atomic mass is 10.1. The van der Waals surface area contributed by atoms with Gasteiger partial charge in [-0.2, -0.15) is 10.0 Å². The van der Waals surface area contributed by atoms with Crippen LogP contribution in [0.5, 0.6) is 0 Å². The first-order chi connectivity index (χ1) is 15.8. The Morgan fingerprint density at radius 1 is 0.656 bits per heavy atom. The number of para-hydroxylation sites is 1. The number of imidazole rings is 1. The summed E-state index contributed by atoms with van der Waals surface area (Å²) in [5.41, 5.74) is 4.89. The number of rotatable bonds is 2. The molecule has 0 radical (unpaired) electrons. The van der Waals surface area contributed by atoms with E-state index >= 15 is 0 Å². The van der Waals surface area contributed by atoms with Gasteiger partial charge in [0.25, 0.3) is 0 Å². The van der Waals surface area contributed by atoms with Gasteiger partial charge in [-0.25, -0.2) is 4.98 Å². The molecule has 2 nitrogen and oxygen atoms in total. The fourth-order valence-electron chi connectivity index (χ4n) is 5.46. The summed E-state index contributed by atoms with van der Waals surface area (Å²) in [6.07, 6.45) is 0. The highest BCUT2D eigenvalue weighted by Gasteiger charge is 2.38. The maximum absolute atomic E-state index is 5.12. The van der Waals surface area contributed by atoms with Crippen molar-refractivity contribution in [2.24, 2.45) is 0 Å². The van der Waals surface area contributed by atoms with E-state index in [1.165, 1.54) is 42.1 Å². The van der Waals surface area contributed by atoms with Crippen LogP contribution >= 0.6 is 10.0 Å². The van der Waals surface area contributed by atoms with Gasteiger partial charge in [0.05, 0.1) is 16.9 Å². The Hall–Kier alpha value is -3.56. The van der Waals surface area contributed by atoms with Crippen LogP contribution in [0.3, 0.4) is 0 Å². The van der Waals surface area contributed by atoms with Gasteiger partial charge in [-0.3, -0.25) is 4.40 Å². The number of hydrogen-bond donors (Lipinski definition) is 0. The highest BCUT2D eigenvalue weighted by molar-refractivity contribution is 8.33. The Morgan fingerprint density at radius 2 is 1.25 bits per heavy atom. The molecule has 3 heteroatoms. The topological polar surface area (TPSA) is 17.3 Å². The van der Waals surface area contributed by atoms with Gasteiger partial charge in [-0.05, 0) is 52.4 Å². The van der Waals surface area contributed by atoms with Gasteiger partial charge in [-0.1, -0.05) is 72.8 Å². The van der Waals surface area contributed by atoms with Crippen LogP contribution in [0.4, 0.5) is 0 Å². The molecule has 4 aromatic carbocycles. The van der Waals surface area contributed by atoms with Crippen molar-refractivity contribution in [3.63, 3.8) is 0 Å². The molecule has 0 N–H and O–H groups in total. The van der Waals surface area contributed by atoms with Gasteiger partial charge in [0, 0.05) is 21.4 Å². The number of pyridine rings is 1. The summed E-state index contributed by atoms with van der Waals surface area (Å²) < 4.78 is 2.46. The molecule has 0 fully saturated rings. The van der Waals surface area contributed by atoms with E-state index in [0.29, 0.717) is 0 Å². The third kappa shape index (κ3) is 2.19. The molecular formula is C29H22N2S. The maximum atomic E-state index is 5.12. The molecule has 0 atom stereocenters. The third-order valence-corrected chi connectivity index (χ3v) is 10.8. The van der Waals surface area contributed by atoms with Crippen LogP contribution in [0.2, 0.25) is 0 Å². The Labute approximate surface area is 188 Å². The first-order valence-electron chi connectivity index (χ1n) is 11.0. The quantitative estimate of drug-likeness (QED) is 0.257. The molecule has 0 saturated heterocycles. The van der Waals surface area contributed by atoms with Crippen molar-refractivity contribution in [3.8, 4) is 0 Å². The fraction of sp³-hybridized carbons (Fsp3) is 0.0690. The zero-order valence-electron chi connectivity index (χ0n) is 17.8. The predicted molar refractivity (Wildman–Crippen MR) is 134 cm³/mol. The molecule has 6 aromatic rings. The Bertz CT molecular complexity index is 1610. The molecular weight excluding hydrogens is 408 g/mol. The zero-order valence-corrected chi connectivity index (χ0v) is 18.6. The maximum Gasteiger partial charge on any atom is 0.145 e. The number of hydrogen-bond acceptors (Lipinski definition) is 1. The van der Waals surface area contributed by atoms with E-state index in [2.05, 4.69) is 114 Å². The second-order valence-electron chi connectivity index (χ2n) is 8.51. The molecule has 1 aliphatic heterocycles. The molecule has 0 saturated carbocycles. The molecule has 154 valence electrons. The van der Waals surface area contributed by atoms with Gasteiger partial charge in [-0.15, -0.1) is 0 Å². The Balaban J connectivity index is 1.75. The minimum Gasteiger partial charge on any atom is -0.294 e. The normalized spacial score (nSPS) is 15.5. The molecule has 0 spiro atoms. The van der Waals surface area contributed by atoms with Crippen LogP contribution in [0, 0.1) is 6.92 Å². The summed E-state index contributed by atoms with van der Waals surface area (Å²) in [6, 6.07) is 37.9. The van der Waals surface area contributed by atoms with E-state index in [0.717, 1.165) is 17.1 Å². The second kappa shape index (κ2) is 6.47. The average Bonchev–Trinajstić information content (AvgIpc) is 3.20. The standard InChI is InChI=1S/C29H22N2S/c1-20-26-19-32(21-11-4-2-5-12-21,22-13-6-3-7-14-22)27-18-10-17-24-23-15-8-9-16-25(23)29(30-20)31(26)28(24)27/h2-18H,19H2,1H3. The lowest BCUT2D eigenvalue weighted by molar-refractivity contribution is 1.06. The molecule has 0 amide bonds. The predicted octanol–water partition coefficient (Wildman–Crippen LogP) is 7.74. The lowest BCUT2D eigenvalue weighted by Gasteiger charge is -2.44. The minimum atomic E-state index is -1.49. The molecule has 2 aromatic heterocycles. The zero-order chi connectivity index (χ0) is 21.3. The smallest absolute Gasteiger partial charge is 0.145 e. The number of aryl methyl sites for hydroxylation is 1. The van der Waals surface area contributed by atoms with Crippen LogP contribution in [-0.2, 0) is 5.75 Å². The van der Waals surface area contributed by atoms with Crippen LogP contribution < -0.4 is 0 Å². The van der Waals surface area contributed by atoms with Crippen LogP contribution in [-0.4, -0.2) is 9.38 Å². The first-order valence-corrected chi connectivity index (χ1v) is 12.8. The molecule has 7 rings (SSSR count). The number of aromatic nitrogens is 2. The summed E-state index contributed by atoms with van der Waals surface area (Å²) in [5.74, 6) is 0.971.